The molecule has 0 bridgehead atoms. The van der Waals surface area contributed by atoms with Crippen molar-refractivity contribution in [3.05, 3.63) is 67.5 Å². The molecule has 0 unspecified atom stereocenters. The van der Waals surface area contributed by atoms with Gasteiger partial charge in [0.15, 0.2) is 0 Å². The first-order valence-electron chi connectivity index (χ1n) is 7.16. The van der Waals surface area contributed by atoms with E-state index in [0.29, 0.717) is 16.1 Å². The molecule has 0 aliphatic heterocycles. The predicted octanol–water partition coefficient (Wildman–Crippen LogP) is 3.55. The van der Waals surface area contributed by atoms with Crippen molar-refractivity contribution in [1.82, 2.24) is 10.6 Å². The monoisotopic (exact) mass is 460 g/mol. The van der Waals surface area contributed by atoms with E-state index < -0.39 is 5.82 Å². The van der Waals surface area contributed by atoms with Gasteiger partial charge in [-0.2, -0.15) is 0 Å². The first-order chi connectivity index (χ1) is 11.4. The zero-order valence-corrected chi connectivity index (χ0v) is 15.7. The summed E-state index contributed by atoms with van der Waals surface area (Å²) in [6.07, 6.45) is 0. The average molecular weight is 461 g/mol. The first-order valence-corrected chi connectivity index (χ1v) is 8.62. The molecule has 0 aliphatic carbocycles. The second-order valence-electron chi connectivity index (χ2n) is 5.10. The Hall–Kier alpha value is -1.67. The zero-order valence-electron chi connectivity index (χ0n) is 12.8. The smallest absolute Gasteiger partial charge is 0.251 e. The van der Waals surface area contributed by atoms with Crippen molar-refractivity contribution in [2.24, 2.45) is 0 Å². The predicted molar refractivity (Wildman–Crippen MR) is 100.0 cm³/mol. The van der Waals surface area contributed by atoms with Crippen LogP contribution in [-0.2, 0) is 0 Å². The molecule has 2 aromatic rings. The van der Waals surface area contributed by atoms with Gasteiger partial charge in [-0.3, -0.25) is 9.59 Å². The van der Waals surface area contributed by atoms with Gasteiger partial charge in [-0.05, 0) is 65.4 Å². The van der Waals surface area contributed by atoms with Crippen LogP contribution in [0.1, 0.15) is 26.3 Å². The fourth-order valence-corrected chi connectivity index (χ4v) is 2.56. The number of hydrogen-bond donors (Lipinski definition) is 2. The Morgan fingerprint density at radius 1 is 1.04 bits per heavy atom. The van der Waals surface area contributed by atoms with E-state index in [1.165, 1.54) is 6.07 Å². The molecule has 2 rings (SSSR count). The highest BCUT2D eigenvalue weighted by molar-refractivity contribution is 14.1. The maximum absolute atomic E-state index is 13.4. The van der Waals surface area contributed by atoms with Crippen LogP contribution in [0.25, 0.3) is 0 Å². The Labute approximate surface area is 157 Å². The molecule has 0 heterocycles. The van der Waals surface area contributed by atoms with Crippen molar-refractivity contribution in [2.45, 2.75) is 6.92 Å². The number of nitrogens with one attached hydrogen (secondary N) is 2. The van der Waals surface area contributed by atoms with Gasteiger partial charge in [0.2, 0.25) is 0 Å². The molecule has 0 fully saturated rings. The molecule has 0 saturated carbocycles. The maximum Gasteiger partial charge on any atom is 0.251 e. The SMILES string of the molecule is Cc1ccc(C(=O)NCCNC(=O)c2ccc(Cl)c(I)c2)cc1F. The van der Waals surface area contributed by atoms with Gasteiger partial charge in [0.1, 0.15) is 5.82 Å². The van der Waals surface area contributed by atoms with E-state index in [1.54, 1.807) is 37.3 Å². The van der Waals surface area contributed by atoms with Gasteiger partial charge in [-0.25, -0.2) is 4.39 Å². The molecule has 24 heavy (non-hydrogen) atoms. The molecule has 7 heteroatoms. The lowest BCUT2D eigenvalue weighted by atomic mass is 10.1. The molecule has 0 aliphatic rings. The number of rotatable bonds is 5. The van der Waals surface area contributed by atoms with Gasteiger partial charge in [0.25, 0.3) is 11.8 Å². The average Bonchev–Trinajstić information content (AvgIpc) is 2.56. The van der Waals surface area contributed by atoms with Gasteiger partial charge in [0.05, 0.1) is 5.02 Å². The third kappa shape index (κ3) is 4.91. The highest BCUT2D eigenvalue weighted by Crippen LogP contribution is 2.19. The minimum absolute atomic E-state index is 0.241. The summed E-state index contributed by atoms with van der Waals surface area (Å²) < 4.78 is 14.2. The molecule has 4 nitrogen and oxygen atoms in total. The van der Waals surface area contributed by atoms with E-state index in [1.807, 2.05) is 22.6 Å². The van der Waals surface area contributed by atoms with Gasteiger partial charge < -0.3 is 10.6 Å². The number of aryl methyl sites for hydroxylation is 1. The molecule has 2 N–H and O–H groups in total. The summed E-state index contributed by atoms with van der Waals surface area (Å²) in [5, 5.41) is 5.92. The van der Waals surface area contributed by atoms with Crippen molar-refractivity contribution in [3.8, 4) is 0 Å². The lowest BCUT2D eigenvalue weighted by molar-refractivity contribution is 0.0927. The molecular formula is C17H15ClFIN2O2. The van der Waals surface area contributed by atoms with E-state index in [2.05, 4.69) is 10.6 Å². The lowest BCUT2D eigenvalue weighted by Gasteiger charge is -2.08. The van der Waals surface area contributed by atoms with Crippen molar-refractivity contribution in [3.63, 3.8) is 0 Å². The van der Waals surface area contributed by atoms with E-state index in [9.17, 15) is 14.0 Å². The Bertz CT molecular complexity index is 718. The Kier molecular flexibility index (Phi) is 6.56. The fraction of sp³-hybridized carbons (Fsp3) is 0.176. The Morgan fingerprint density at radius 2 is 1.58 bits per heavy atom. The number of benzene rings is 2. The number of halogens is 3. The molecule has 0 atom stereocenters. The normalized spacial score (nSPS) is 10.3. The minimum Gasteiger partial charge on any atom is -0.350 e. The number of carbonyl (C=O) groups is 2. The van der Waals surface area contributed by atoms with E-state index in [4.69, 9.17) is 11.6 Å². The lowest BCUT2D eigenvalue weighted by Crippen LogP contribution is -2.34. The van der Waals surface area contributed by atoms with Crippen LogP contribution in [0.4, 0.5) is 4.39 Å². The summed E-state index contributed by atoms with van der Waals surface area (Å²) in [7, 11) is 0. The molecule has 0 saturated heterocycles. The van der Waals surface area contributed by atoms with Gasteiger partial charge >= 0.3 is 0 Å². The minimum atomic E-state index is -0.423. The van der Waals surface area contributed by atoms with Crippen molar-refractivity contribution >= 4 is 46.0 Å². The number of hydrogen-bond acceptors (Lipinski definition) is 2. The molecule has 2 amide bonds. The molecule has 2 aromatic carbocycles. The summed E-state index contributed by atoms with van der Waals surface area (Å²) in [4.78, 5) is 23.9. The molecular weight excluding hydrogens is 446 g/mol. The quantitative estimate of drug-likeness (QED) is 0.530. The second-order valence-corrected chi connectivity index (χ2v) is 6.67. The van der Waals surface area contributed by atoms with Crippen LogP contribution in [-0.4, -0.2) is 24.9 Å². The Balaban J connectivity index is 1.81. The molecule has 0 spiro atoms. The molecule has 126 valence electrons. The van der Waals surface area contributed by atoms with Gasteiger partial charge in [0, 0.05) is 27.8 Å². The van der Waals surface area contributed by atoms with E-state index in [-0.39, 0.29) is 30.5 Å². The van der Waals surface area contributed by atoms with Crippen molar-refractivity contribution < 1.29 is 14.0 Å². The first kappa shape index (κ1) is 18.7. The maximum atomic E-state index is 13.4. The highest BCUT2D eigenvalue weighted by Gasteiger charge is 2.09. The third-order valence-electron chi connectivity index (χ3n) is 3.31. The summed E-state index contributed by atoms with van der Waals surface area (Å²) in [6, 6.07) is 9.28. The molecule has 0 aromatic heterocycles. The standard InChI is InChI=1S/C17H15ClFIN2O2/c1-10-2-3-11(8-14(10)19)16(23)21-6-7-22-17(24)12-4-5-13(18)15(20)9-12/h2-5,8-9H,6-7H2,1H3,(H,21,23)(H,22,24). The molecule has 0 radical (unpaired) electrons. The van der Waals surface area contributed by atoms with Crippen LogP contribution in [0.5, 0.6) is 0 Å². The number of amides is 2. The summed E-state index contributed by atoms with van der Waals surface area (Å²) in [6.45, 7) is 2.13. The second kappa shape index (κ2) is 8.43. The summed E-state index contributed by atoms with van der Waals surface area (Å²) >= 11 is 7.96. The zero-order chi connectivity index (χ0) is 17.7. The van der Waals surface area contributed by atoms with Crippen LogP contribution >= 0.6 is 34.2 Å². The van der Waals surface area contributed by atoms with Crippen LogP contribution in [0.2, 0.25) is 5.02 Å². The fourth-order valence-electron chi connectivity index (χ4n) is 1.93. The van der Waals surface area contributed by atoms with Gasteiger partial charge in [-0.15, -0.1) is 0 Å². The van der Waals surface area contributed by atoms with Crippen LogP contribution in [0, 0.1) is 16.3 Å². The topological polar surface area (TPSA) is 58.2 Å². The van der Waals surface area contributed by atoms with Gasteiger partial charge in [-0.1, -0.05) is 17.7 Å². The van der Waals surface area contributed by atoms with E-state index in [0.717, 1.165) is 3.57 Å². The number of carbonyl (C=O) groups excluding carboxylic acids is 2. The summed E-state index contributed by atoms with van der Waals surface area (Å²) in [5.41, 5.74) is 1.23. The largest absolute Gasteiger partial charge is 0.350 e. The highest BCUT2D eigenvalue weighted by atomic mass is 127. The Morgan fingerprint density at radius 3 is 2.12 bits per heavy atom. The van der Waals surface area contributed by atoms with Crippen LogP contribution in [0.3, 0.4) is 0 Å². The van der Waals surface area contributed by atoms with Crippen molar-refractivity contribution in [1.29, 1.82) is 0 Å². The third-order valence-corrected chi connectivity index (χ3v) is 4.85. The van der Waals surface area contributed by atoms with E-state index >= 15 is 0 Å². The van der Waals surface area contributed by atoms with Crippen LogP contribution in [0.15, 0.2) is 36.4 Å². The van der Waals surface area contributed by atoms with Crippen molar-refractivity contribution in [2.75, 3.05) is 13.1 Å². The van der Waals surface area contributed by atoms with Crippen LogP contribution < -0.4 is 10.6 Å². The summed E-state index contributed by atoms with van der Waals surface area (Å²) in [5.74, 6) is -1.06.